The highest BCUT2D eigenvalue weighted by Crippen LogP contribution is 2.22. The normalized spacial score (nSPS) is 17.7. The number of anilines is 1. The second kappa shape index (κ2) is 7.19. The first-order valence-electron chi connectivity index (χ1n) is 6.57. The smallest absolute Gasteiger partial charge is 0.319 e. The van der Waals surface area contributed by atoms with Gasteiger partial charge in [0.25, 0.3) is 0 Å². The fourth-order valence-corrected chi connectivity index (χ4v) is 3.37. The van der Waals surface area contributed by atoms with Crippen molar-refractivity contribution >= 4 is 29.4 Å². The zero-order chi connectivity index (χ0) is 14.4. The van der Waals surface area contributed by atoms with Crippen LogP contribution in [0.25, 0.3) is 0 Å². The van der Waals surface area contributed by atoms with E-state index in [4.69, 9.17) is 5.11 Å². The SMILES string of the molecule is O=C(O)Cc1cccc(NC(=O)NCC2CCSC2)c1. The molecule has 1 atom stereocenters. The second-order valence-corrected chi connectivity index (χ2v) is 5.99. The molecule has 1 unspecified atom stereocenters. The molecule has 0 saturated carbocycles. The van der Waals surface area contributed by atoms with Gasteiger partial charge >= 0.3 is 12.0 Å². The Labute approximate surface area is 122 Å². The number of aliphatic carboxylic acids is 1. The van der Waals surface area contributed by atoms with Gasteiger partial charge in [0.1, 0.15) is 0 Å². The standard InChI is InChI=1S/C14H18N2O3S/c17-13(18)7-10-2-1-3-12(6-10)16-14(19)15-8-11-4-5-20-9-11/h1-3,6,11H,4-5,7-9H2,(H,17,18)(H2,15,16,19). The van der Waals surface area contributed by atoms with Gasteiger partial charge in [-0.15, -0.1) is 0 Å². The zero-order valence-electron chi connectivity index (χ0n) is 11.1. The van der Waals surface area contributed by atoms with Crippen molar-refractivity contribution in [3.63, 3.8) is 0 Å². The van der Waals surface area contributed by atoms with Gasteiger partial charge in [-0.1, -0.05) is 12.1 Å². The molecular formula is C14H18N2O3S. The highest BCUT2D eigenvalue weighted by atomic mass is 32.2. The van der Waals surface area contributed by atoms with Crippen molar-refractivity contribution in [2.24, 2.45) is 5.92 Å². The summed E-state index contributed by atoms with van der Waals surface area (Å²) in [5.74, 6) is 1.95. The summed E-state index contributed by atoms with van der Waals surface area (Å²) in [4.78, 5) is 22.4. The Hall–Kier alpha value is -1.69. The third kappa shape index (κ3) is 4.77. The van der Waals surface area contributed by atoms with Gasteiger partial charge in [-0.2, -0.15) is 11.8 Å². The van der Waals surface area contributed by atoms with Gasteiger partial charge in [0.15, 0.2) is 0 Å². The number of benzene rings is 1. The van der Waals surface area contributed by atoms with Crippen molar-refractivity contribution in [3.05, 3.63) is 29.8 Å². The molecule has 1 aliphatic rings. The Balaban J connectivity index is 1.82. The van der Waals surface area contributed by atoms with Crippen LogP contribution in [0.4, 0.5) is 10.5 Å². The van der Waals surface area contributed by atoms with Crippen molar-refractivity contribution < 1.29 is 14.7 Å². The van der Waals surface area contributed by atoms with Crippen molar-refractivity contribution in [2.75, 3.05) is 23.4 Å². The Kier molecular flexibility index (Phi) is 5.29. The van der Waals surface area contributed by atoms with Gasteiger partial charge < -0.3 is 15.7 Å². The predicted octanol–water partition coefficient (Wildman–Crippen LogP) is 2.19. The van der Waals surface area contributed by atoms with Gasteiger partial charge in [-0.25, -0.2) is 4.79 Å². The number of nitrogens with one attached hydrogen (secondary N) is 2. The van der Waals surface area contributed by atoms with E-state index in [0.717, 1.165) is 12.2 Å². The molecular weight excluding hydrogens is 276 g/mol. The fourth-order valence-electron chi connectivity index (χ4n) is 2.09. The molecule has 2 amide bonds. The average molecular weight is 294 g/mol. The minimum absolute atomic E-state index is 0.0452. The molecule has 0 bridgehead atoms. The third-order valence-corrected chi connectivity index (χ3v) is 4.35. The Bertz CT molecular complexity index is 487. The van der Waals surface area contributed by atoms with E-state index in [1.165, 1.54) is 5.75 Å². The van der Waals surface area contributed by atoms with Gasteiger partial charge in [-0.3, -0.25) is 4.79 Å². The first-order valence-corrected chi connectivity index (χ1v) is 7.72. The van der Waals surface area contributed by atoms with E-state index < -0.39 is 5.97 Å². The maximum absolute atomic E-state index is 11.8. The lowest BCUT2D eigenvalue weighted by molar-refractivity contribution is -0.136. The summed E-state index contributed by atoms with van der Waals surface area (Å²) in [6.07, 6.45) is 1.11. The lowest BCUT2D eigenvalue weighted by Crippen LogP contribution is -2.33. The van der Waals surface area contributed by atoms with Crippen molar-refractivity contribution in [2.45, 2.75) is 12.8 Å². The van der Waals surface area contributed by atoms with Crippen LogP contribution < -0.4 is 10.6 Å². The Morgan fingerprint density at radius 2 is 2.25 bits per heavy atom. The van der Waals surface area contributed by atoms with Gasteiger partial charge in [0.2, 0.25) is 0 Å². The number of thioether (sulfide) groups is 1. The maximum atomic E-state index is 11.8. The molecule has 1 saturated heterocycles. The lowest BCUT2D eigenvalue weighted by Gasteiger charge is -2.11. The molecule has 3 N–H and O–H groups in total. The summed E-state index contributed by atoms with van der Waals surface area (Å²) < 4.78 is 0. The van der Waals surface area contributed by atoms with Crippen molar-refractivity contribution in [1.82, 2.24) is 5.32 Å². The number of rotatable bonds is 5. The lowest BCUT2D eigenvalue weighted by atomic mass is 10.1. The highest BCUT2D eigenvalue weighted by Gasteiger charge is 2.16. The van der Waals surface area contributed by atoms with Crippen LogP contribution in [0.2, 0.25) is 0 Å². The molecule has 1 fully saturated rings. The molecule has 1 heterocycles. The number of hydrogen-bond donors (Lipinski definition) is 3. The van der Waals surface area contributed by atoms with Crippen LogP contribution in [0, 0.1) is 5.92 Å². The van der Waals surface area contributed by atoms with E-state index in [1.807, 2.05) is 11.8 Å². The summed E-state index contributed by atoms with van der Waals surface area (Å²) >= 11 is 1.92. The van der Waals surface area contributed by atoms with E-state index in [9.17, 15) is 9.59 Å². The molecule has 0 aliphatic carbocycles. The van der Waals surface area contributed by atoms with Crippen LogP contribution in [-0.2, 0) is 11.2 Å². The molecule has 0 spiro atoms. The highest BCUT2D eigenvalue weighted by molar-refractivity contribution is 7.99. The molecule has 1 aromatic rings. The van der Waals surface area contributed by atoms with Gasteiger partial charge in [0, 0.05) is 12.2 Å². The van der Waals surface area contributed by atoms with E-state index in [1.54, 1.807) is 24.3 Å². The molecule has 0 aromatic heterocycles. The molecule has 6 heteroatoms. The quantitative estimate of drug-likeness (QED) is 0.778. The molecule has 1 aromatic carbocycles. The molecule has 5 nitrogen and oxygen atoms in total. The number of carboxylic acid groups (broad SMARTS) is 1. The largest absolute Gasteiger partial charge is 0.481 e. The third-order valence-electron chi connectivity index (χ3n) is 3.12. The van der Waals surface area contributed by atoms with Crippen LogP contribution in [0.15, 0.2) is 24.3 Å². The van der Waals surface area contributed by atoms with Crippen LogP contribution >= 0.6 is 11.8 Å². The van der Waals surface area contributed by atoms with E-state index in [0.29, 0.717) is 23.7 Å². The van der Waals surface area contributed by atoms with Crippen molar-refractivity contribution in [1.29, 1.82) is 0 Å². The van der Waals surface area contributed by atoms with Gasteiger partial charge in [-0.05, 0) is 41.5 Å². The number of carbonyl (C=O) groups excluding carboxylic acids is 1. The number of urea groups is 1. The summed E-state index contributed by atoms with van der Waals surface area (Å²) in [5, 5.41) is 14.3. The topological polar surface area (TPSA) is 78.4 Å². The van der Waals surface area contributed by atoms with E-state index in [-0.39, 0.29) is 12.5 Å². The molecule has 1 aliphatic heterocycles. The molecule has 2 rings (SSSR count). The number of carbonyl (C=O) groups is 2. The zero-order valence-corrected chi connectivity index (χ0v) is 11.9. The average Bonchev–Trinajstić information content (AvgIpc) is 2.89. The summed E-state index contributed by atoms with van der Waals surface area (Å²) in [7, 11) is 0. The fraction of sp³-hybridized carbons (Fsp3) is 0.429. The minimum Gasteiger partial charge on any atom is -0.481 e. The Morgan fingerprint density at radius 3 is 2.95 bits per heavy atom. The van der Waals surface area contributed by atoms with Crippen LogP contribution in [-0.4, -0.2) is 35.2 Å². The Morgan fingerprint density at radius 1 is 1.40 bits per heavy atom. The van der Waals surface area contributed by atoms with Gasteiger partial charge in [0.05, 0.1) is 6.42 Å². The van der Waals surface area contributed by atoms with Crippen molar-refractivity contribution in [3.8, 4) is 0 Å². The van der Waals surface area contributed by atoms with E-state index >= 15 is 0 Å². The first kappa shape index (κ1) is 14.7. The second-order valence-electron chi connectivity index (χ2n) is 4.84. The number of amides is 2. The van der Waals surface area contributed by atoms with Crippen LogP contribution in [0.1, 0.15) is 12.0 Å². The summed E-state index contributed by atoms with van der Waals surface area (Å²) in [6.45, 7) is 0.688. The monoisotopic (exact) mass is 294 g/mol. The number of hydrogen-bond acceptors (Lipinski definition) is 3. The first-order chi connectivity index (χ1) is 9.63. The summed E-state index contributed by atoms with van der Waals surface area (Å²) in [6, 6.07) is 6.65. The minimum atomic E-state index is -0.884. The van der Waals surface area contributed by atoms with E-state index in [2.05, 4.69) is 10.6 Å². The summed E-state index contributed by atoms with van der Waals surface area (Å²) in [5.41, 5.74) is 1.28. The van der Waals surface area contributed by atoms with Crippen LogP contribution in [0.5, 0.6) is 0 Å². The maximum Gasteiger partial charge on any atom is 0.319 e. The molecule has 20 heavy (non-hydrogen) atoms. The number of carboxylic acids is 1. The molecule has 0 radical (unpaired) electrons. The predicted molar refractivity (Wildman–Crippen MR) is 80.2 cm³/mol. The van der Waals surface area contributed by atoms with Crippen LogP contribution in [0.3, 0.4) is 0 Å². The molecule has 108 valence electrons.